The molecule has 0 saturated carbocycles. The van der Waals surface area contributed by atoms with Crippen molar-refractivity contribution >= 4 is 27.5 Å². The minimum atomic E-state index is -3.93. The van der Waals surface area contributed by atoms with E-state index in [4.69, 9.17) is 22.6 Å². The molecule has 0 fully saturated rings. The maximum atomic E-state index is 12.1. The number of amides is 1. The highest BCUT2D eigenvalue weighted by Crippen LogP contribution is 2.23. The van der Waals surface area contributed by atoms with Gasteiger partial charge in [0.2, 0.25) is 15.9 Å². The Morgan fingerprint density at radius 1 is 1.50 bits per heavy atom. The van der Waals surface area contributed by atoms with Gasteiger partial charge in [-0.1, -0.05) is 11.6 Å². The molecule has 0 bridgehead atoms. The molecule has 20 heavy (non-hydrogen) atoms. The average molecular weight is 316 g/mol. The van der Waals surface area contributed by atoms with E-state index in [-0.39, 0.29) is 22.0 Å². The van der Waals surface area contributed by atoms with Crippen LogP contribution >= 0.6 is 11.6 Å². The van der Waals surface area contributed by atoms with Gasteiger partial charge in [0.15, 0.2) is 0 Å². The van der Waals surface area contributed by atoms with E-state index in [1.165, 1.54) is 32.0 Å². The van der Waals surface area contributed by atoms with Crippen LogP contribution in [0.25, 0.3) is 0 Å². The lowest BCUT2D eigenvalue weighted by Crippen LogP contribution is -2.42. The second-order valence-electron chi connectivity index (χ2n) is 4.83. The van der Waals surface area contributed by atoms with Crippen LogP contribution in [0.1, 0.15) is 19.4 Å². The van der Waals surface area contributed by atoms with Crippen LogP contribution in [0.3, 0.4) is 0 Å². The number of nitrogens with zero attached hydrogens (tertiary/aromatic N) is 1. The molecule has 0 unspecified atom stereocenters. The number of carbonyl (C=O) groups is 1. The number of halogens is 1. The second kappa shape index (κ2) is 5.79. The number of primary amides is 1. The van der Waals surface area contributed by atoms with Gasteiger partial charge in [-0.15, -0.1) is 0 Å². The SMILES string of the molecule is CC(C)(CNS(=O)(=O)c1cc(C#N)ccc1Cl)C(N)=O. The Hall–Kier alpha value is -1.62. The molecule has 0 spiro atoms. The fourth-order valence-corrected chi connectivity index (χ4v) is 2.95. The number of rotatable bonds is 5. The highest BCUT2D eigenvalue weighted by atomic mass is 35.5. The van der Waals surface area contributed by atoms with Crippen molar-refractivity contribution in [3.63, 3.8) is 0 Å². The zero-order valence-corrected chi connectivity index (χ0v) is 12.5. The molecule has 8 heteroatoms. The number of hydrogen-bond acceptors (Lipinski definition) is 4. The molecule has 1 amide bonds. The molecule has 1 aromatic carbocycles. The lowest BCUT2D eigenvalue weighted by molar-refractivity contribution is -0.125. The molecular weight excluding hydrogens is 302 g/mol. The maximum Gasteiger partial charge on any atom is 0.242 e. The van der Waals surface area contributed by atoms with Gasteiger partial charge in [0, 0.05) is 6.54 Å². The molecule has 0 radical (unpaired) electrons. The summed E-state index contributed by atoms with van der Waals surface area (Å²) in [5, 5.41) is 8.77. The van der Waals surface area contributed by atoms with E-state index < -0.39 is 21.3 Å². The predicted octanol–water partition coefficient (Wildman–Crippen LogP) is 1.00. The lowest BCUT2D eigenvalue weighted by Gasteiger charge is -2.20. The molecule has 0 aliphatic heterocycles. The number of nitrogens with two attached hydrogens (primary N) is 1. The van der Waals surface area contributed by atoms with Gasteiger partial charge in [-0.3, -0.25) is 4.79 Å². The molecular formula is C12H14ClN3O3S. The summed E-state index contributed by atoms with van der Waals surface area (Å²) in [6.45, 7) is 2.87. The summed E-state index contributed by atoms with van der Waals surface area (Å²) in [6, 6.07) is 5.74. The zero-order valence-electron chi connectivity index (χ0n) is 11.0. The summed E-state index contributed by atoms with van der Waals surface area (Å²) in [5.41, 5.74) is 4.31. The van der Waals surface area contributed by atoms with Crippen LogP contribution in [0.5, 0.6) is 0 Å². The van der Waals surface area contributed by atoms with Crippen molar-refractivity contribution in [3.8, 4) is 6.07 Å². The van der Waals surface area contributed by atoms with Gasteiger partial charge < -0.3 is 5.73 Å². The third-order valence-corrected chi connectivity index (χ3v) is 4.60. The zero-order chi connectivity index (χ0) is 15.6. The molecule has 0 saturated heterocycles. The van der Waals surface area contributed by atoms with Gasteiger partial charge in [0.05, 0.1) is 22.1 Å². The van der Waals surface area contributed by atoms with Crippen LogP contribution in [0.15, 0.2) is 23.1 Å². The molecule has 6 nitrogen and oxygen atoms in total. The van der Waals surface area contributed by atoms with Gasteiger partial charge in [0.1, 0.15) is 4.90 Å². The minimum absolute atomic E-state index is 0.00613. The van der Waals surface area contributed by atoms with E-state index in [1.807, 2.05) is 6.07 Å². The quantitative estimate of drug-likeness (QED) is 0.843. The highest BCUT2D eigenvalue weighted by molar-refractivity contribution is 7.89. The normalized spacial score (nSPS) is 11.9. The summed E-state index contributed by atoms with van der Waals surface area (Å²) in [7, 11) is -3.93. The fraction of sp³-hybridized carbons (Fsp3) is 0.333. The van der Waals surface area contributed by atoms with Crippen molar-refractivity contribution < 1.29 is 13.2 Å². The number of benzene rings is 1. The largest absolute Gasteiger partial charge is 0.369 e. The van der Waals surface area contributed by atoms with E-state index in [2.05, 4.69) is 4.72 Å². The van der Waals surface area contributed by atoms with Crippen LogP contribution in [0.2, 0.25) is 5.02 Å². The van der Waals surface area contributed by atoms with Crippen molar-refractivity contribution in [2.24, 2.45) is 11.1 Å². The molecule has 1 rings (SSSR count). The van der Waals surface area contributed by atoms with Crippen LogP contribution in [0.4, 0.5) is 0 Å². The van der Waals surface area contributed by atoms with Crippen molar-refractivity contribution in [2.45, 2.75) is 18.7 Å². The second-order valence-corrected chi connectivity index (χ2v) is 6.97. The van der Waals surface area contributed by atoms with Gasteiger partial charge in [-0.2, -0.15) is 5.26 Å². The van der Waals surface area contributed by atoms with Gasteiger partial charge in [-0.05, 0) is 32.0 Å². The fourth-order valence-electron chi connectivity index (χ4n) is 1.22. The number of nitrogens with one attached hydrogen (secondary N) is 1. The van der Waals surface area contributed by atoms with E-state index in [0.29, 0.717) is 0 Å². The van der Waals surface area contributed by atoms with Crippen LogP contribution in [-0.4, -0.2) is 20.9 Å². The number of nitriles is 1. The Morgan fingerprint density at radius 3 is 2.60 bits per heavy atom. The molecule has 0 heterocycles. The minimum Gasteiger partial charge on any atom is -0.369 e. The van der Waals surface area contributed by atoms with Crippen LogP contribution in [-0.2, 0) is 14.8 Å². The Kier molecular flexibility index (Phi) is 4.76. The molecule has 1 aromatic rings. The first-order chi connectivity index (χ1) is 9.10. The van der Waals surface area contributed by atoms with Gasteiger partial charge >= 0.3 is 0 Å². The summed E-state index contributed by atoms with van der Waals surface area (Å²) < 4.78 is 26.5. The Balaban J connectivity index is 3.07. The summed E-state index contributed by atoms with van der Waals surface area (Å²) in [4.78, 5) is 11.0. The highest BCUT2D eigenvalue weighted by Gasteiger charge is 2.28. The van der Waals surface area contributed by atoms with Crippen molar-refractivity contribution in [2.75, 3.05) is 6.54 Å². The van der Waals surface area contributed by atoms with Crippen LogP contribution < -0.4 is 10.5 Å². The number of carbonyl (C=O) groups excluding carboxylic acids is 1. The van der Waals surface area contributed by atoms with Gasteiger partial charge in [-0.25, -0.2) is 13.1 Å². The molecule has 0 aliphatic rings. The standard InChI is InChI=1S/C12H14ClN3O3S/c1-12(2,11(15)17)7-16-20(18,19)10-5-8(6-14)3-4-9(10)13/h3-5,16H,7H2,1-2H3,(H2,15,17). The lowest BCUT2D eigenvalue weighted by atomic mass is 9.93. The molecule has 0 atom stereocenters. The molecule has 0 aromatic heterocycles. The smallest absolute Gasteiger partial charge is 0.242 e. The molecule has 0 aliphatic carbocycles. The van der Waals surface area contributed by atoms with E-state index >= 15 is 0 Å². The topological polar surface area (TPSA) is 113 Å². The number of sulfonamides is 1. The maximum absolute atomic E-state index is 12.1. The van der Waals surface area contributed by atoms with Crippen LogP contribution in [0, 0.1) is 16.7 Å². The van der Waals surface area contributed by atoms with Crippen molar-refractivity contribution in [1.29, 1.82) is 5.26 Å². The van der Waals surface area contributed by atoms with Gasteiger partial charge in [0.25, 0.3) is 0 Å². The predicted molar refractivity (Wildman–Crippen MR) is 74.3 cm³/mol. The summed E-state index contributed by atoms with van der Waals surface area (Å²) in [5.74, 6) is -0.628. The van der Waals surface area contributed by atoms with Crippen molar-refractivity contribution in [3.05, 3.63) is 28.8 Å². The summed E-state index contributed by atoms with van der Waals surface area (Å²) in [6.07, 6.45) is 0. The summed E-state index contributed by atoms with van der Waals surface area (Å²) >= 11 is 5.83. The van der Waals surface area contributed by atoms with Crippen molar-refractivity contribution in [1.82, 2.24) is 4.72 Å². The number of hydrogen-bond donors (Lipinski definition) is 2. The van der Waals surface area contributed by atoms with E-state index in [9.17, 15) is 13.2 Å². The third kappa shape index (κ3) is 3.70. The Labute approximate surface area is 122 Å². The third-order valence-electron chi connectivity index (χ3n) is 2.72. The first kappa shape index (κ1) is 16.4. The monoisotopic (exact) mass is 315 g/mol. The first-order valence-corrected chi connectivity index (χ1v) is 7.45. The average Bonchev–Trinajstić information content (AvgIpc) is 2.37. The first-order valence-electron chi connectivity index (χ1n) is 5.59. The Bertz CT molecular complexity index is 678. The molecule has 108 valence electrons. The van der Waals surface area contributed by atoms with E-state index in [1.54, 1.807) is 0 Å². The molecule has 3 N–H and O–H groups in total. The van der Waals surface area contributed by atoms with E-state index in [0.717, 1.165) is 0 Å². The Morgan fingerprint density at radius 2 is 2.10 bits per heavy atom.